The second-order valence-electron chi connectivity index (χ2n) is 4.61. The highest BCUT2D eigenvalue weighted by Crippen LogP contribution is 2.31. The molecular weight excluding hydrogens is 269 g/mol. The Morgan fingerprint density at radius 1 is 0.950 bits per heavy atom. The van der Waals surface area contributed by atoms with Crippen LogP contribution in [0.25, 0.3) is 10.8 Å². The second-order valence-corrected chi connectivity index (χ2v) is 5.63. The number of nitrogens with two attached hydrogens (primary N) is 1. The lowest BCUT2D eigenvalue weighted by Crippen LogP contribution is -1.91. The van der Waals surface area contributed by atoms with Crippen LogP contribution in [0.15, 0.2) is 65.6 Å². The second kappa shape index (κ2) is 5.55. The van der Waals surface area contributed by atoms with Crippen molar-refractivity contribution < 1.29 is 4.39 Å². The van der Waals surface area contributed by atoms with Crippen LogP contribution in [-0.4, -0.2) is 0 Å². The zero-order valence-corrected chi connectivity index (χ0v) is 11.7. The van der Waals surface area contributed by atoms with Gasteiger partial charge in [-0.2, -0.15) is 0 Å². The number of halogens is 1. The Kier molecular flexibility index (Phi) is 3.61. The fourth-order valence-corrected chi connectivity index (χ4v) is 3.18. The lowest BCUT2D eigenvalue weighted by Gasteiger charge is -2.08. The highest BCUT2D eigenvalue weighted by Gasteiger charge is 2.04. The minimum atomic E-state index is -0.294. The molecule has 3 rings (SSSR count). The standard InChI is InChI=1S/C17H14FNS/c18-14-8-9-17(16(19)10-14)20-11-13-6-3-5-12-4-1-2-7-15(12)13/h1-10H,11,19H2. The predicted octanol–water partition coefficient (Wildman–Crippen LogP) is 4.85. The van der Waals surface area contributed by atoms with Crippen LogP contribution in [0.5, 0.6) is 0 Å². The molecule has 0 heterocycles. The summed E-state index contributed by atoms with van der Waals surface area (Å²) in [5.41, 5.74) is 7.59. The minimum Gasteiger partial charge on any atom is -0.398 e. The van der Waals surface area contributed by atoms with E-state index in [-0.39, 0.29) is 5.82 Å². The molecule has 20 heavy (non-hydrogen) atoms. The average molecular weight is 283 g/mol. The molecule has 0 aliphatic rings. The molecule has 0 aliphatic carbocycles. The predicted molar refractivity (Wildman–Crippen MR) is 84.3 cm³/mol. The summed E-state index contributed by atoms with van der Waals surface area (Å²) in [7, 11) is 0. The molecule has 1 nitrogen and oxygen atoms in total. The van der Waals surface area contributed by atoms with Gasteiger partial charge in [0.25, 0.3) is 0 Å². The van der Waals surface area contributed by atoms with E-state index in [2.05, 4.69) is 30.3 Å². The Bertz CT molecular complexity index is 750. The first kappa shape index (κ1) is 13.0. The van der Waals surface area contributed by atoms with Crippen LogP contribution in [0.4, 0.5) is 10.1 Å². The van der Waals surface area contributed by atoms with E-state index in [1.165, 1.54) is 28.5 Å². The zero-order chi connectivity index (χ0) is 13.9. The molecular formula is C17H14FNS. The first-order valence-electron chi connectivity index (χ1n) is 6.38. The molecule has 0 bridgehead atoms. The molecule has 100 valence electrons. The maximum atomic E-state index is 13.0. The van der Waals surface area contributed by atoms with Gasteiger partial charge in [-0.1, -0.05) is 42.5 Å². The fraction of sp³-hybridized carbons (Fsp3) is 0.0588. The molecule has 3 aromatic rings. The molecule has 3 aromatic carbocycles. The number of hydrogen-bond acceptors (Lipinski definition) is 2. The normalized spacial score (nSPS) is 10.8. The summed E-state index contributed by atoms with van der Waals surface area (Å²) in [4.78, 5) is 0.916. The summed E-state index contributed by atoms with van der Waals surface area (Å²) < 4.78 is 13.0. The quantitative estimate of drug-likeness (QED) is 0.549. The van der Waals surface area contributed by atoms with E-state index in [4.69, 9.17) is 5.73 Å². The van der Waals surface area contributed by atoms with Gasteiger partial charge in [0.15, 0.2) is 0 Å². The summed E-state index contributed by atoms with van der Waals surface area (Å²) in [6.45, 7) is 0. The van der Waals surface area contributed by atoms with Crippen molar-refractivity contribution in [2.45, 2.75) is 10.6 Å². The van der Waals surface area contributed by atoms with E-state index in [1.54, 1.807) is 17.8 Å². The summed E-state index contributed by atoms with van der Waals surface area (Å²) >= 11 is 1.63. The Balaban J connectivity index is 1.87. The molecule has 0 amide bonds. The molecule has 0 aliphatic heterocycles. The summed E-state index contributed by atoms with van der Waals surface area (Å²) in [5.74, 6) is 0.522. The molecule has 0 radical (unpaired) electrons. The van der Waals surface area contributed by atoms with E-state index in [1.807, 2.05) is 12.1 Å². The van der Waals surface area contributed by atoms with Crippen molar-refractivity contribution in [3.8, 4) is 0 Å². The van der Waals surface area contributed by atoms with Gasteiger partial charge in [-0.05, 0) is 34.5 Å². The largest absolute Gasteiger partial charge is 0.398 e. The van der Waals surface area contributed by atoms with Crippen LogP contribution in [0.2, 0.25) is 0 Å². The van der Waals surface area contributed by atoms with Crippen molar-refractivity contribution in [2.75, 3.05) is 5.73 Å². The van der Waals surface area contributed by atoms with E-state index in [0.29, 0.717) is 5.69 Å². The average Bonchev–Trinajstić information content (AvgIpc) is 2.46. The SMILES string of the molecule is Nc1cc(F)ccc1SCc1cccc2ccccc12. The van der Waals surface area contributed by atoms with Crippen LogP contribution in [0.3, 0.4) is 0 Å². The van der Waals surface area contributed by atoms with Crippen molar-refractivity contribution in [1.29, 1.82) is 0 Å². The van der Waals surface area contributed by atoms with Gasteiger partial charge in [0.2, 0.25) is 0 Å². The number of anilines is 1. The van der Waals surface area contributed by atoms with Gasteiger partial charge in [-0.15, -0.1) is 11.8 Å². The van der Waals surface area contributed by atoms with Crippen molar-refractivity contribution in [2.24, 2.45) is 0 Å². The van der Waals surface area contributed by atoms with E-state index in [9.17, 15) is 4.39 Å². The number of hydrogen-bond donors (Lipinski definition) is 1. The van der Waals surface area contributed by atoms with Crippen LogP contribution in [0.1, 0.15) is 5.56 Å². The van der Waals surface area contributed by atoms with Crippen molar-refractivity contribution >= 4 is 28.2 Å². The molecule has 0 unspecified atom stereocenters. The Morgan fingerprint density at radius 2 is 1.75 bits per heavy atom. The lowest BCUT2D eigenvalue weighted by atomic mass is 10.1. The number of rotatable bonds is 3. The summed E-state index contributed by atoms with van der Waals surface area (Å²) in [5, 5.41) is 2.49. The van der Waals surface area contributed by atoms with Crippen molar-refractivity contribution in [1.82, 2.24) is 0 Å². The number of fused-ring (bicyclic) bond motifs is 1. The maximum Gasteiger partial charge on any atom is 0.125 e. The molecule has 0 atom stereocenters. The minimum absolute atomic E-state index is 0.294. The third-order valence-electron chi connectivity index (χ3n) is 3.23. The molecule has 0 saturated heterocycles. The van der Waals surface area contributed by atoms with Gasteiger partial charge in [-0.25, -0.2) is 4.39 Å². The molecule has 0 saturated carbocycles. The van der Waals surface area contributed by atoms with E-state index in [0.717, 1.165) is 10.6 Å². The van der Waals surface area contributed by atoms with Crippen molar-refractivity contribution in [3.63, 3.8) is 0 Å². The molecule has 3 heteroatoms. The van der Waals surface area contributed by atoms with Crippen LogP contribution >= 0.6 is 11.8 Å². The Morgan fingerprint density at radius 3 is 2.60 bits per heavy atom. The molecule has 2 N–H and O–H groups in total. The van der Waals surface area contributed by atoms with Gasteiger partial charge in [0, 0.05) is 16.3 Å². The van der Waals surface area contributed by atoms with E-state index < -0.39 is 0 Å². The van der Waals surface area contributed by atoms with Gasteiger partial charge in [0.05, 0.1) is 0 Å². The Labute approximate surface area is 121 Å². The highest BCUT2D eigenvalue weighted by atomic mass is 32.2. The molecule has 0 spiro atoms. The fourth-order valence-electron chi connectivity index (χ4n) is 2.22. The topological polar surface area (TPSA) is 26.0 Å². The van der Waals surface area contributed by atoms with Gasteiger partial charge >= 0.3 is 0 Å². The third kappa shape index (κ3) is 2.63. The monoisotopic (exact) mass is 283 g/mol. The first-order chi connectivity index (χ1) is 9.74. The molecule has 0 fully saturated rings. The molecule has 0 aromatic heterocycles. The number of benzene rings is 3. The van der Waals surface area contributed by atoms with Crippen molar-refractivity contribution in [3.05, 3.63) is 72.0 Å². The smallest absolute Gasteiger partial charge is 0.125 e. The third-order valence-corrected chi connectivity index (χ3v) is 4.37. The Hall–Kier alpha value is -2.00. The van der Waals surface area contributed by atoms with Crippen LogP contribution in [0, 0.1) is 5.82 Å². The zero-order valence-electron chi connectivity index (χ0n) is 10.8. The van der Waals surface area contributed by atoms with Crippen LogP contribution in [-0.2, 0) is 5.75 Å². The number of nitrogen functional groups attached to an aromatic ring is 1. The van der Waals surface area contributed by atoms with Gasteiger partial charge < -0.3 is 5.73 Å². The lowest BCUT2D eigenvalue weighted by molar-refractivity contribution is 0.627. The van der Waals surface area contributed by atoms with E-state index >= 15 is 0 Å². The number of thioether (sulfide) groups is 1. The van der Waals surface area contributed by atoms with Gasteiger partial charge in [0.1, 0.15) is 5.82 Å². The van der Waals surface area contributed by atoms with Gasteiger partial charge in [-0.3, -0.25) is 0 Å². The maximum absolute atomic E-state index is 13.0. The first-order valence-corrected chi connectivity index (χ1v) is 7.37. The highest BCUT2D eigenvalue weighted by molar-refractivity contribution is 7.98. The summed E-state index contributed by atoms with van der Waals surface area (Å²) in [6.07, 6.45) is 0. The summed E-state index contributed by atoms with van der Waals surface area (Å²) in [6, 6.07) is 19.2. The van der Waals surface area contributed by atoms with Crippen LogP contribution < -0.4 is 5.73 Å².